The lowest BCUT2D eigenvalue weighted by atomic mass is 9.86. The molecule has 0 aromatic carbocycles. The fraction of sp³-hybridized carbons (Fsp3) is 1.00. The summed E-state index contributed by atoms with van der Waals surface area (Å²) in [6, 6.07) is 0. The van der Waals surface area contributed by atoms with E-state index >= 15 is 0 Å². The van der Waals surface area contributed by atoms with Crippen molar-refractivity contribution in [2.24, 2.45) is 0 Å². The van der Waals surface area contributed by atoms with E-state index < -0.39 is 0 Å². The molecule has 1 rings (SSSR count). The Hall–Kier alpha value is -0.0800. The molecule has 2 heteroatoms. The standard InChI is InChI=1S/C9H19NO/c1-4-9(10(2)3)5-7-11-8-6-9/h4-8H2,1-3H3. The molecule has 0 aromatic rings. The predicted molar refractivity (Wildman–Crippen MR) is 46.8 cm³/mol. The van der Waals surface area contributed by atoms with Gasteiger partial charge in [0.15, 0.2) is 0 Å². The Morgan fingerprint density at radius 1 is 1.27 bits per heavy atom. The van der Waals surface area contributed by atoms with Crippen LogP contribution in [-0.4, -0.2) is 37.7 Å². The summed E-state index contributed by atoms with van der Waals surface area (Å²) in [4.78, 5) is 2.36. The van der Waals surface area contributed by atoms with Crippen molar-refractivity contribution in [2.75, 3.05) is 27.3 Å². The van der Waals surface area contributed by atoms with Crippen LogP contribution in [0.3, 0.4) is 0 Å². The maximum absolute atomic E-state index is 5.35. The highest BCUT2D eigenvalue weighted by molar-refractivity contribution is 4.88. The van der Waals surface area contributed by atoms with Crippen molar-refractivity contribution in [1.29, 1.82) is 0 Å². The summed E-state index contributed by atoms with van der Waals surface area (Å²) in [5.41, 5.74) is 0.429. The molecule has 0 N–H and O–H groups in total. The van der Waals surface area contributed by atoms with Crippen molar-refractivity contribution in [3.63, 3.8) is 0 Å². The Bertz CT molecular complexity index is 117. The highest BCUT2D eigenvalue weighted by Gasteiger charge is 2.32. The minimum Gasteiger partial charge on any atom is -0.381 e. The highest BCUT2D eigenvalue weighted by Crippen LogP contribution is 2.28. The van der Waals surface area contributed by atoms with E-state index in [1.165, 1.54) is 19.3 Å². The SMILES string of the molecule is CCC1(N(C)C)CCOCC1. The van der Waals surface area contributed by atoms with E-state index in [1.807, 2.05) is 0 Å². The molecule has 1 aliphatic rings. The zero-order chi connectivity index (χ0) is 8.32. The minimum absolute atomic E-state index is 0.429. The molecule has 0 saturated carbocycles. The molecule has 1 heterocycles. The number of nitrogens with zero attached hydrogens (tertiary/aromatic N) is 1. The summed E-state index contributed by atoms with van der Waals surface area (Å²) < 4.78 is 5.35. The molecule has 1 aliphatic heterocycles. The molecular weight excluding hydrogens is 138 g/mol. The van der Waals surface area contributed by atoms with Crippen molar-refractivity contribution in [3.05, 3.63) is 0 Å². The van der Waals surface area contributed by atoms with Gasteiger partial charge in [-0.1, -0.05) is 6.92 Å². The summed E-state index contributed by atoms with van der Waals surface area (Å²) in [7, 11) is 4.35. The van der Waals surface area contributed by atoms with E-state index in [2.05, 4.69) is 25.9 Å². The van der Waals surface area contributed by atoms with E-state index in [9.17, 15) is 0 Å². The van der Waals surface area contributed by atoms with Crippen LogP contribution in [-0.2, 0) is 4.74 Å². The average molecular weight is 157 g/mol. The van der Waals surface area contributed by atoms with Crippen LogP contribution < -0.4 is 0 Å². The molecule has 0 bridgehead atoms. The second kappa shape index (κ2) is 3.55. The Kier molecular flexibility index (Phi) is 2.90. The van der Waals surface area contributed by atoms with Gasteiger partial charge in [-0.05, 0) is 33.4 Å². The monoisotopic (exact) mass is 157 g/mol. The van der Waals surface area contributed by atoms with E-state index in [4.69, 9.17) is 4.74 Å². The molecule has 66 valence electrons. The van der Waals surface area contributed by atoms with Gasteiger partial charge in [0, 0.05) is 18.8 Å². The van der Waals surface area contributed by atoms with Gasteiger partial charge in [0.25, 0.3) is 0 Å². The molecule has 0 amide bonds. The molecule has 0 spiro atoms. The molecule has 0 atom stereocenters. The van der Waals surface area contributed by atoms with E-state index in [-0.39, 0.29) is 0 Å². The van der Waals surface area contributed by atoms with Crippen molar-refractivity contribution in [1.82, 2.24) is 4.90 Å². The van der Waals surface area contributed by atoms with Gasteiger partial charge in [-0.3, -0.25) is 0 Å². The molecule has 2 nitrogen and oxygen atoms in total. The molecule has 0 aromatic heterocycles. The molecule has 0 unspecified atom stereocenters. The van der Waals surface area contributed by atoms with Crippen LogP contribution in [0.1, 0.15) is 26.2 Å². The first-order valence-electron chi connectivity index (χ1n) is 4.46. The first kappa shape index (κ1) is 9.01. The third kappa shape index (κ3) is 1.74. The van der Waals surface area contributed by atoms with Crippen LogP contribution in [0.15, 0.2) is 0 Å². The normalized spacial score (nSPS) is 24.0. The van der Waals surface area contributed by atoms with E-state index in [0.717, 1.165) is 13.2 Å². The van der Waals surface area contributed by atoms with Gasteiger partial charge in [-0.15, -0.1) is 0 Å². The van der Waals surface area contributed by atoms with Gasteiger partial charge in [0.2, 0.25) is 0 Å². The van der Waals surface area contributed by atoms with Crippen molar-refractivity contribution in [3.8, 4) is 0 Å². The summed E-state index contributed by atoms with van der Waals surface area (Å²) in [5.74, 6) is 0. The van der Waals surface area contributed by atoms with Gasteiger partial charge in [-0.2, -0.15) is 0 Å². The first-order chi connectivity index (χ1) is 5.21. The maximum atomic E-state index is 5.35. The third-order valence-electron chi connectivity index (χ3n) is 3.03. The molecular formula is C9H19NO. The fourth-order valence-corrected chi connectivity index (χ4v) is 1.87. The number of hydrogen-bond donors (Lipinski definition) is 0. The summed E-state index contributed by atoms with van der Waals surface area (Å²) >= 11 is 0. The van der Waals surface area contributed by atoms with Gasteiger partial charge in [0.1, 0.15) is 0 Å². The molecule has 1 fully saturated rings. The lowest BCUT2D eigenvalue weighted by Gasteiger charge is -2.42. The zero-order valence-corrected chi connectivity index (χ0v) is 7.89. The largest absolute Gasteiger partial charge is 0.381 e. The lowest BCUT2D eigenvalue weighted by Crippen LogP contribution is -2.47. The third-order valence-corrected chi connectivity index (χ3v) is 3.03. The summed E-state index contributed by atoms with van der Waals surface area (Å²) in [6.07, 6.45) is 3.62. The first-order valence-corrected chi connectivity index (χ1v) is 4.46. The quantitative estimate of drug-likeness (QED) is 0.602. The Morgan fingerprint density at radius 3 is 2.09 bits per heavy atom. The van der Waals surface area contributed by atoms with Crippen LogP contribution in [0, 0.1) is 0 Å². The second-order valence-electron chi connectivity index (χ2n) is 3.58. The Labute approximate surface area is 69.5 Å². The van der Waals surface area contributed by atoms with Crippen molar-refractivity contribution >= 4 is 0 Å². The van der Waals surface area contributed by atoms with Gasteiger partial charge < -0.3 is 9.64 Å². The van der Waals surface area contributed by atoms with Crippen LogP contribution >= 0.6 is 0 Å². The number of hydrogen-bond acceptors (Lipinski definition) is 2. The maximum Gasteiger partial charge on any atom is 0.0483 e. The lowest BCUT2D eigenvalue weighted by molar-refractivity contribution is -0.00953. The van der Waals surface area contributed by atoms with Crippen LogP contribution in [0.2, 0.25) is 0 Å². The summed E-state index contributed by atoms with van der Waals surface area (Å²) in [5, 5.41) is 0. The summed E-state index contributed by atoms with van der Waals surface area (Å²) in [6.45, 7) is 4.14. The number of ether oxygens (including phenoxy) is 1. The predicted octanol–water partition coefficient (Wildman–Crippen LogP) is 1.51. The second-order valence-corrected chi connectivity index (χ2v) is 3.58. The van der Waals surface area contributed by atoms with Crippen molar-refractivity contribution < 1.29 is 4.74 Å². The van der Waals surface area contributed by atoms with Crippen LogP contribution in [0.4, 0.5) is 0 Å². The Morgan fingerprint density at radius 2 is 1.82 bits per heavy atom. The fourth-order valence-electron chi connectivity index (χ4n) is 1.87. The minimum atomic E-state index is 0.429. The van der Waals surface area contributed by atoms with E-state index in [0.29, 0.717) is 5.54 Å². The molecule has 11 heavy (non-hydrogen) atoms. The van der Waals surface area contributed by atoms with Crippen LogP contribution in [0.5, 0.6) is 0 Å². The van der Waals surface area contributed by atoms with Crippen molar-refractivity contribution in [2.45, 2.75) is 31.7 Å². The molecule has 0 radical (unpaired) electrons. The zero-order valence-electron chi connectivity index (χ0n) is 7.89. The Balaban J connectivity index is 2.57. The van der Waals surface area contributed by atoms with Gasteiger partial charge in [-0.25, -0.2) is 0 Å². The molecule has 1 saturated heterocycles. The average Bonchev–Trinajstić information content (AvgIpc) is 2.05. The van der Waals surface area contributed by atoms with Gasteiger partial charge >= 0.3 is 0 Å². The smallest absolute Gasteiger partial charge is 0.0483 e. The van der Waals surface area contributed by atoms with Crippen LogP contribution in [0.25, 0.3) is 0 Å². The topological polar surface area (TPSA) is 12.5 Å². The van der Waals surface area contributed by atoms with E-state index in [1.54, 1.807) is 0 Å². The highest BCUT2D eigenvalue weighted by atomic mass is 16.5. The van der Waals surface area contributed by atoms with Gasteiger partial charge in [0.05, 0.1) is 0 Å². The number of rotatable bonds is 2. The molecule has 0 aliphatic carbocycles.